The Balaban J connectivity index is 2.15. The fourth-order valence-electron chi connectivity index (χ4n) is 3.43. The molecule has 0 aliphatic carbocycles. The zero-order chi connectivity index (χ0) is 22.4. The molecule has 4 aromatic rings. The van der Waals surface area contributed by atoms with Crippen molar-refractivity contribution in [2.75, 3.05) is 0 Å². The summed E-state index contributed by atoms with van der Waals surface area (Å²) in [7, 11) is 0. The Morgan fingerprint density at radius 3 is 1.90 bits per heavy atom. The van der Waals surface area contributed by atoms with Crippen LogP contribution in [-0.2, 0) is 0 Å². The van der Waals surface area contributed by atoms with Crippen LogP contribution >= 0.6 is 0 Å². The van der Waals surface area contributed by atoms with Gasteiger partial charge in [0.05, 0.1) is 5.39 Å². The maximum atomic E-state index is 12.2. The van der Waals surface area contributed by atoms with E-state index >= 15 is 0 Å². The summed E-state index contributed by atoms with van der Waals surface area (Å²) in [6, 6.07) is 11.2. The number of benzene rings is 2. The van der Waals surface area contributed by atoms with Crippen LogP contribution in [0.3, 0.4) is 0 Å². The van der Waals surface area contributed by atoms with Gasteiger partial charge in [-0.05, 0) is 35.2 Å². The predicted octanol–water partition coefficient (Wildman–Crippen LogP) is 4.09. The lowest BCUT2D eigenvalue weighted by molar-refractivity contribution is 0.0681. The van der Waals surface area contributed by atoms with Gasteiger partial charge in [0.2, 0.25) is 0 Å². The normalized spacial score (nSPS) is 11.3. The van der Waals surface area contributed by atoms with Gasteiger partial charge in [0.25, 0.3) is 0 Å². The number of carboxylic acids is 2. The van der Waals surface area contributed by atoms with Crippen LogP contribution in [0.1, 0.15) is 46.0 Å². The zero-order valence-electron chi connectivity index (χ0n) is 16.5. The molecule has 0 atom stereocenters. The molecule has 0 spiro atoms. The second kappa shape index (κ2) is 7.24. The van der Waals surface area contributed by atoms with E-state index in [1.54, 1.807) is 6.07 Å². The molecule has 0 fully saturated rings. The van der Waals surface area contributed by atoms with Crippen LogP contribution in [0.2, 0.25) is 0 Å². The molecule has 0 saturated carbocycles. The summed E-state index contributed by atoms with van der Waals surface area (Å²) in [5.41, 5.74) is -1.22. The highest BCUT2D eigenvalue weighted by atomic mass is 16.4. The lowest BCUT2D eigenvalue weighted by atomic mass is 9.96. The van der Waals surface area contributed by atoms with Gasteiger partial charge in [-0.15, -0.1) is 0 Å². The first-order chi connectivity index (χ1) is 14.7. The maximum Gasteiger partial charge on any atom is 0.351 e. The van der Waals surface area contributed by atoms with Gasteiger partial charge in [-0.25, -0.2) is 19.2 Å². The molecule has 2 heterocycles. The Labute approximate surface area is 174 Å². The second-order valence-electron chi connectivity index (χ2n) is 7.37. The Kier molecular flexibility index (Phi) is 4.69. The Morgan fingerprint density at radius 1 is 0.806 bits per heavy atom. The lowest BCUT2D eigenvalue weighted by Crippen LogP contribution is -2.14. The van der Waals surface area contributed by atoms with Gasteiger partial charge in [0, 0.05) is 10.9 Å². The molecule has 0 amide bonds. The van der Waals surface area contributed by atoms with E-state index in [1.165, 1.54) is 0 Å². The molecule has 4 rings (SSSR count). The second-order valence-corrected chi connectivity index (χ2v) is 7.37. The summed E-state index contributed by atoms with van der Waals surface area (Å²) in [4.78, 5) is 47.1. The van der Waals surface area contributed by atoms with E-state index in [0.717, 1.165) is 17.7 Å². The van der Waals surface area contributed by atoms with Crippen molar-refractivity contribution in [2.45, 2.75) is 19.8 Å². The minimum atomic E-state index is -1.50. The minimum Gasteiger partial charge on any atom is -0.477 e. The summed E-state index contributed by atoms with van der Waals surface area (Å²) in [5, 5.41) is 18.9. The van der Waals surface area contributed by atoms with Crippen molar-refractivity contribution in [1.29, 1.82) is 0 Å². The van der Waals surface area contributed by atoms with Gasteiger partial charge in [-0.2, -0.15) is 0 Å². The molecule has 0 unspecified atom stereocenters. The van der Waals surface area contributed by atoms with Crippen molar-refractivity contribution in [3.8, 4) is 11.1 Å². The molecule has 0 saturated heterocycles. The fraction of sp³-hybridized carbons (Fsp3) is 0.130. The van der Waals surface area contributed by atoms with Gasteiger partial charge < -0.3 is 19.0 Å². The topological polar surface area (TPSA) is 135 Å². The lowest BCUT2D eigenvalue weighted by Gasteiger charge is -2.11. The average molecular weight is 420 g/mol. The van der Waals surface area contributed by atoms with Crippen LogP contribution in [0.25, 0.3) is 33.1 Å². The third-order valence-electron chi connectivity index (χ3n) is 5.06. The smallest absolute Gasteiger partial charge is 0.351 e. The molecular formula is C23H16O8. The molecule has 0 radical (unpaired) electrons. The molecule has 0 aliphatic rings. The van der Waals surface area contributed by atoms with E-state index in [2.05, 4.69) is 0 Å². The number of aromatic carboxylic acids is 2. The van der Waals surface area contributed by atoms with Gasteiger partial charge in [-0.3, -0.25) is 0 Å². The van der Waals surface area contributed by atoms with Crippen LogP contribution < -0.4 is 11.3 Å². The summed E-state index contributed by atoms with van der Waals surface area (Å²) in [6.07, 6.45) is 0. The molecule has 2 N–H and O–H groups in total. The predicted molar refractivity (Wildman–Crippen MR) is 112 cm³/mol. The van der Waals surface area contributed by atoms with Gasteiger partial charge in [0.1, 0.15) is 22.3 Å². The summed E-state index contributed by atoms with van der Waals surface area (Å²) < 4.78 is 10.5. The van der Waals surface area contributed by atoms with Crippen LogP contribution in [0, 0.1) is 0 Å². The highest BCUT2D eigenvalue weighted by Crippen LogP contribution is 2.35. The number of fused-ring (bicyclic) bond motifs is 3. The molecular weight excluding hydrogens is 404 g/mol. The third kappa shape index (κ3) is 3.38. The number of hydrogen-bond donors (Lipinski definition) is 2. The molecule has 0 aliphatic heterocycles. The van der Waals surface area contributed by atoms with Gasteiger partial charge >= 0.3 is 23.2 Å². The van der Waals surface area contributed by atoms with Crippen LogP contribution in [0.15, 0.2) is 60.9 Å². The van der Waals surface area contributed by atoms with E-state index in [0.29, 0.717) is 17.0 Å². The van der Waals surface area contributed by atoms with Crippen molar-refractivity contribution < 1.29 is 28.6 Å². The third-order valence-corrected chi connectivity index (χ3v) is 5.06. The van der Waals surface area contributed by atoms with Crippen molar-refractivity contribution >= 4 is 33.9 Å². The Bertz CT molecular complexity index is 1490. The first-order valence-electron chi connectivity index (χ1n) is 9.33. The standard InChI is InChI=1S/C23H16O8/c1-10(2)11-3-5-12(6-4-11)14-7-13-8-16(20(24)25)22(28)30-18(13)15-9-17(21(26)27)23(29)31-19(14)15/h3-10H,1-2H3,(H,24,25)(H,26,27). The van der Waals surface area contributed by atoms with Crippen LogP contribution in [0.5, 0.6) is 0 Å². The summed E-state index contributed by atoms with van der Waals surface area (Å²) in [6.45, 7) is 4.09. The molecule has 2 aromatic carbocycles. The highest BCUT2D eigenvalue weighted by molar-refractivity contribution is 6.11. The molecule has 31 heavy (non-hydrogen) atoms. The van der Waals surface area contributed by atoms with Gasteiger partial charge in [0.15, 0.2) is 0 Å². The van der Waals surface area contributed by atoms with Crippen LogP contribution in [-0.4, -0.2) is 22.2 Å². The molecule has 8 nitrogen and oxygen atoms in total. The van der Waals surface area contributed by atoms with Crippen molar-refractivity contribution in [3.63, 3.8) is 0 Å². The Morgan fingerprint density at radius 2 is 1.35 bits per heavy atom. The van der Waals surface area contributed by atoms with Crippen molar-refractivity contribution in [2.24, 2.45) is 0 Å². The van der Waals surface area contributed by atoms with E-state index in [9.17, 15) is 29.4 Å². The first-order valence-corrected chi connectivity index (χ1v) is 9.33. The summed E-state index contributed by atoms with van der Waals surface area (Å²) in [5.74, 6) is -2.66. The number of carboxylic acid groups (broad SMARTS) is 2. The first kappa shape index (κ1) is 20.1. The zero-order valence-corrected chi connectivity index (χ0v) is 16.5. The molecule has 8 heteroatoms. The quantitative estimate of drug-likeness (QED) is 0.372. The van der Waals surface area contributed by atoms with E-state index in [4.69, 9.17) is 8.83 Å². The van der Waals surface area contributed by atoms with Gasteiger partial charge in [-0.1, -0.05) is 38.1 Å². The van der Waals surface area contributed by atoms with E-state index < -0.39 is 34.3 Å². The Hall–Kier alpha value is -4.20. The molecule has 0 bridgehead atoms. The molecule has 2 aromatic heterocycles. The number of hydrogen-bond acceptors (Lipinski definition) is 6. The SMILES string of the molecule is CC(C)c1ccc(-c2cc3cc(C(=O)O)c(=O)oc3c3cc(C(=O)O)c(=O)oc23)cc1. The molecule has 156 valence electrons. The summed E-state index contributed by atoms with van der Waals surface area (Å²) >= 11 is 0. The minimum absolute atomic E-state index is 0.0334. The van der Waals surface area contributed by atoms with E-state index in [1.807, 2.05) is 38.1 Å². The van der Waals surface area contributed by atoms with Crippen molar-refractivity contribution in [1.82, 2.24) is 0 Å². The monoisotopic (exact) mass is 420 g/mol. The highest BCUT2D eigenvalue weighted by Gasteiger charge is 2.21. The number of carbonyl (C=O) groups is 2. The average Bonchev–Trinajstić information content (AvgIpc) is 2.72. The van der Waals surface area contributed by atoms with Crippen molar-refractivity contribution in [3.05, 3.63) is 80.0 Å². The van der Waals surface area contributed by atoms with Crippen LogP contribution in [0.4, 0.5) is 0 Å². The maximum absolute atomic E-state index is 12.2. The fourth-order valence-corrected chi connectivity index (χ4v) is 3.43. The number of rotatable bonds is 4. The largest absolute Gasteiger partial charge is 0.477 e. The van der Waals surface area contributed by atoms with E-state index in [-0.39, 0.29) is 21.9 Å².